The Kier molecular flexibility index (Phi) is 7.41. The third-order valence-electron chi connectivity index (χ3n) is 1.88. The van der Waals surface area contributed by atoms with Crippen molar-refractivity contribution in [3.8, 4) is 6.07 Å². The first-order valence-electron chi connectivity index (χ1n) is 4.52. The number of esters is 1. The van der Waals surface area contributed by atoms with Crippen molar-refractivity contribution in [1.82, 2.24) is 0 Å². The van der Waals surface area contributed by atoms with Crippen molar-refractivity contribution < 1.29 is 22.8 Å². The number of hydrogen-bond acceptors (Lipinski definition) is 6. The second kappa shape index (κ2) is 8.01. The molecule has 0 aliphatic heterocycles. The van der Waals surface area contributed by atoms with Gasteiger partial charge in [0.05, 0.1) is 18.7 Å². The van der Waals surface area contributed by atoms with Gasteiger partial charge in [0.15, 0.2) is 0 Å². The number of carbonyl (C=O) groups is 1. The first-order valence-corrected chi connectivity index (χ1v) is 6.45. The monoisotopic (exact) mass is 245 g/mol. The van der Waals surface area contributed by atoms with Gasteiger partial charge in [0.2, 0.25) is 0 Å². The molecule has 0 bridgehead atoms. The van der Waals surface area contributed by atoms with Gasteiger partial charge in [-0.15, -0.1) is 0 Å². The normalized spacial score (nSPS) is 11.4. The average Bonchev–Trinajstić information content (AvgIpc) is 2.33. The smallest absolute Gasteiger partial charge is 0.463 e. The van der Waals surface area contributed by atoms with E-state index < -0.39 is 14.8 Å². The van der Waals surface area contributed by atoms with Crippen LogP contribution in [0.4, 0.5) is 0 Å². The molecule has 0 amide bonds. The largest absolute Gasteiger partial charge is 0.503 e. The predicted molar refractivity (Wildman–Crippen MR) is 57.3 cm³/mol. The molecular formula is C9H15NO5Si. The third kappa shape index (κ3) is 5.04. The molecule has 0 radical (unpaired) electrons. The van der Waals surface area contributed by atoms with E-state index in [1.807, 2.05) is 0 Å². The second-order valence-electron chi connectivity index (χ2n) is 2.68. The molecule has 16 heavy (non-hydrogen) atoms. The minimum Gasteiger partial charge on any atom is -0.463 e. The summed E-state index contributed by atoms with van der Waals surface area (Å²) >= 11 is 0. The van der Waals surface area contributed by atoms with Gasteiger partial charge >= 0.3 is 14.8 Å². The Morgan fingerprint density at radius 1 is 1.31 bits per heavy atom. The molecule has 0 saturated carbocycles. The standard InChI is InChI=1S/C9H15NO5Si/c1-12-16(13-2,14-3)8-7-15-9(11)5-4-6-10/h4-5H,7-8H2,1-3H3. The molecule has 0 fully saturated rings. The quantitative estimate of drug-likeness (QED) is 0.281. The molecule has 0 heterocycles. The molecule has 0 spiro atoms. The summed E-state index contributed by atoms with van der Waals surface area (Å²) in [5, 5.41) is 8.19. The van der Waals surface area contributed by atoms with Crippen molar-refractivity contribution in [2.45, 2.75) is 6.04 Å². The molecular weight excluding hydrogens is 230 g/mol. The van der Waals surface area contributed by atoms with Crippen molar-refractivity contribution in [1.29, 1.82) is 5.26 Å². The maximum absolute atomic E-state index is 11.0. The highest BCUT2D eigenvalue weighted by Gasteiger charge is 2.37. The molecule has 0 aliphatic rings. The van der Waals surface area contributed by atoms with Crippen LogP contribution in [0.15, 0.2) is 12.2 Å². The Labute approximate surface area is 95.7 Å². The van der Waals surface area contributed by atoms with Gasteiger partial charge in [-0.25, -0.2) is 4.79 Å². The number of nitriles is 1. The van der Waals surface area contributed by atoms with E-state index in [9.17, 15) is 4.79 Å². The lowest BCUT2D eigenvalue weighted by molar-refractivity contribution is -0.137. The van der Waals surface area contributed by atoms with Gasteiger partial charge in [-0.1, -0.05) is 0 Å². The molecule has 0 aromatic rings. The number of hydrogen-bond donors (Lipinski definition) is 0. The maximum Gasteiger partial charge on any atom is 0.503 e. The van der Waals surface area contributed by atoms with E-state index in [1.165, 1.54) is 21.3 Å². The van der Waals surface area contributed by atoms with Crippen LogP contribution in [0, 0.1) is 11.3 Å². The predicted octanol–water partition coefficient (Wildman–Crippen LogP) is 0.487. The van der Waals surface area contributed by atoms with Crippen LogP contribution < -0.4 is 0 Å². The van der Waals surface area contributed by atoms with Crippen LogP contribution in [-0.4, -0.2) is 42.7 Å². The summed E-state index contributed by atoms with van der Waals surface area (Å²) in [6, 6.07) is 2.06. The summed E-state index contributed by atoms with van der Waals surface area (Å²) in [6.07, 6.45) is 2.10. The van der Waals surface area contributed by atoms with Crippen molar-refractivity contribution in [3.63, 3.8) is 0 Å². The van der Waals surface area contributed by atoms with E-state index in [1.54, 1.807) is 6.07 Å². The van der Waals surface area contributed by atoms with Gasteiger partial charge in [0.1, 0.15) is 0 Å². The highest BCUT2D eigenvalue weighted by molar-refractivity contribution is 6.60. The Hall–Kier alpha value is -1.20. The summed E-state index contributed by atoms with van der Waals surface area (Å²) in [5.41, 5.74) is 0. The van der Waals surface area contributed by atoms with Crippen LogP contribution in [0.25, 0.3) is 0 Å². The molecule has 0 aromatic carbocycles. The molecule has 90 valence electrons. The van der Waals surface area contributed by atoms with Gasteiger partial charge in [0, 0.05) is 33.5 Å². The summed E-state index contributed by atoms with van der Waals surface area (Å²) in [7, 11) is 1.77. The molecule has 6 nitrogen and oxygen atoms in total. The van der Waals surface area contributed by atoms with E-state index in [4.69, 9.17) is 23.3 Å². The van der Waals surface area contributed by atoms with Crippen molar-refractivity contribution >= 4 is 14.8 Å². The van der Waals surface area contributed by atoms with Crippen LogP contribution in [0.5, 0.6) is 0 Å². The zero-order chi connectivity index (χ0) is 12.4. The summed E-state index contributed by atoms with van der Waals surface area (Å²) in [5.74, 6) is -0.576. The lowest BCUT2D eigenvalue weighted by atomic mass is 10.5. The summed E-state index contributed by atoms with van der Waals surface area (Å²) in [6.45, 7) is 0.121. The van der Waals surface area contributed by atoms with Gasteiger partial charge in [0.25, 0.3) is 0 Å². The Bertz CT molecular complexity index is 274. The van der Waals surface area contributed by atoms with Gasteiger partial charge in [-0.2, -0.15) is 5.26 Å². The average molecular weight is 245 g/mol. The number of rotatable bonds is 7. The van der Waals surface area contributed by atoms with Gasteiger partial charge in [-0.05, 0) is 0 Å². The van der Waals surface area contributed by atoms with Gasteiger partial charge in [-0.3, -0.25) is 0 Å². The van der Waals surface area contributed by atoms with Crippen molar-refractivity contribution in [3.05, 3.63) is 12.2 Å². The van der Waals surface area contributed by atoms with Crippen LogP contribution in [0.2, 0.25) is 6.04 Å². The molecule has 0 rings (SSSR count). The van der Waals surface area contributed by atoms with Crippen molar-refractivity contribution in [2.75, 3.05) is 27.9 Å². The number of ether oxygens (including phenoxy) is 1. The SMILES string of the molecule is CO[Si](CCOC(=O)C=CC#N)(OC)OC. The summed E-state index contributed by atoms with van der Waals surface area (Å²) in [4.78, 5) is 11.0. The number of allylic oxidation sites excluding steroid dienone is 1. The molecule has 0 aromatic heterocycles. The zero-order valence-corrected chi connectivity index (χ0v) is 10.6. The molecule has 0 atom stereocenters. The summed E-state index contributed by atoms with van der Waals surface area (Å²) < 4.78 is 20.2. The van der Waals surface area contributed by atoms with Gasteiger partial charge < -0.3 is 18.0 Å². The Morgan fingerprint density at radius 2 is 1.88 bits per heavy atom. The molecule has 7 heteroatoms. The fraction of sp³-hybridized carbons (Fsp3) is 0.556. The lowest BCUT2D eigenvalue weighted by Gasteiger charge is -2.23. The maximum atomic E-state index is 11.0. The van der Waals surface area contributed by atoms with E-state index in [0.29, 0.717) is 6.04 Å². The molecule has 0 N–H and O–H groups in total. The highest BCUT2D eigenvalue weighted by atomic mass is 28.4. The molecule has 0 aliphatic carbocycles. The highest BCUT2D eigenvalue weighted by Crippen LogP contribution is 2.12. The van der Waals surface area contributed by atoms with Crippen LogP contribution in [0.1, 0.15) is 0 Å². The third-order valence-corrected chi connectivity index (χ3v) is 4.56. The van der Waals surface area contributed by atoms with Crippen LogP contribution >= 0.6 is 0 Å². The minimum atomic E-state index is -2.68. The number of carbonyl (C=O) groups excluding carboxylic acids is 1. The topological polar surface area (TPSA) is 77.8 Å². The Balaban J connectivity index is 4.01. The fourth-order valence-electron chi connectivity index (χ4n) is 0.986. The fourth-order valence-corrected chi connectivity index (χ4v) is 2.45. The minimum absolute atomic E-state index is 0.121. The molecule has 0 unspecified atom stereocenters. The lowest BCUT2D eigenvalue weighted by Crippen LogP contribution is -2.43. The first kappa shape index (κ1) is 14.8. The van der Waals surface area contributed by atoms with Crippen LogP contribution in [-0.2, 0) is 22.8 Å². The van der Waals surface area contributed by atoms with E-state index in [-0.39, 0.29) is 6.61 Å². The first-order chi connectivity index (χ1) is 7.64. The van der Waals surface area contributed by atoms with E-state index in [0.717, 1.165) is 12.2 Å². The van der Waals surface area contributed by atoms with E-state index >= 15 is 0 Å². The Morgan fingerprint density at radius 3 is 2.31 bits per heavy atom. The van der Waals surface area contributed by atoms with Crippen LogP contribution in [0.3, 0.4) is 0 Å². The molecule has 0 saturated heterocycles. The number of nitrogens with zero attached hydrogens (tertiary/aromatic N) is 1. The van der Waals surface area contributed by atoms with E-state index in [2.05, 4.69) is 0 Å². The second-order valence-corrected chi connectivity index (χ2v) is 5.77. The van der Waals surface area contributed by atoms with Crippen molar-refractivity contribution in [2.24, 2.45) is 0 Å². The zero-order valence-electron chi connectivity index (χ0n) is 9.56.